The molecule has 2 heteroatoms. The maximum Gasteiger partial charge on any atom is 0.0222 e. The maximum absolute atomic E-state index is 5.61. The quantitative estimate of drug-likeness (QED) is 0.325. The van der Waals surface area contributed by atoms with Crippen molar-refractivity contribution >= 4 is 0 Å². The lowest BCUT2D eigenvalue weighted by Gasteiger charge is -2.21. The van der Waals surface area contributed by atoms with E-state index in [2.05, 4.69) is 17.3 Å². The molecule has 1 rings (SSSR count). The molecule has 0 radical (unpaired) electrons. The van der Waals surface area contributed by atoms with Crippen molar-refractivity contribution in [1.29, 1.82) is 0 Å². The SMILES string of the molecule is CC#CCCC(CC1CCCCCC1)NN. The first-order valence-electron chi connectivity index (χ1n) is 6.72. The van der Waals surface area contributed by atoms with Crippen LogP contribution in [0.15, 0.2) is 0 Å². The lowest BCUT2D eigenvalue weighted by molar-refractivity contribution is 0.344. The third-order valence-electron chi connectivity index (χ3n) is 3.62. The number of hydrogen-bond acceptors (Lipinski definition) is 2. The fourth-order valence-corrected chi connectivity index (χ4v) is 2.64. The highest BCUT2D eigenvalue weighted by molar-refractivity contribution is 4.95. The van der Waals surface area contributed by atoms with Crippen molar-refractivity contribution in [2.24, 2.45) is 11.8 Å². The van der Waals surface area contributed by atoms with Crippen LogP contribution in [0.4, 0.5) is 0 Å². The van der Waals surface area contributed by atoms with Crippen LogP contribution in [-0.4, -0.2) is 6.04 Å². The van der Waals surface area contributed by atoms with Crippen molar-refractivity contribution in [1.82, 2.24) is 5.43 Å². The van der Waals surface area contributed by atoms with Gasteiger partial charge in [0.15, 0.2) is 0 Å². The summed E-state index contributed by atoms with van der Waals surface area (Å²) in [6.45, 7) is 1.90. The standard InChI is InChI=1S/C14H26N2/c1-2-3-6-11-14(16-15)12-13-9-7-4-5-8-10-13/h13-14,16H,4-12,15H2,1H3. The molecule has 92 valence electrons. The Morgan fingerprint density at radius 1 is 1.25 bits per heavy atom. The predicted octanol–water partition coefficient (Wildman–Crippen LogP) is 2.98. The molecule has 0 aliphatic heterocycles. The van der Waals surface area contributed by atoms with Crippen LogP contribution >= 0.6 is 0 Å². The molecule has 1 atom stereocenters. The fourth-order valence-electron chi connectivity index (χ4n) is 2.64. The molecule has 1 unspecified atom stereocenters. The predicted molar refractivity (Wildman–Crippen MR) is 69.6 cm³/mol. The summed E-state index contributed by atoms with van der Waals surface area (Å²) >= 11 is 0. The van der Waals surface area contributed by atoms with Crippen LogP contribution in [0.5, 0.6) is 0 Å². The van der Waals surface area contributed by atoms with Gasteiger partial charge in [-0.3, -0.25) is 11.3 Å². The molecule has 0 aromatic heterocycles. The van der Waals surface area contributed by atoms with E-state index in [0.29, 0.717) is 6.04 Å². The van der Waals surface area contributed by atoms with E-state index in [1.54, 1.807) is 0 Å². The summed E-state index contributed by atoms with van der Waals surface area (Å²) < 4.78 is 0. The minimum Gasteiger partial charge on any atom is -0.271 e. The Hall–Kier alpha value is -0.520. The maximum atomic E-state index is 5.61. The third kappa shape index (κ3) is 5.53. The van der Waals surface area contributed by atoms with Crippen LogP contribution in [0, 0.1) is 17.8 Å². The molecule has 16 heavy (non-hydrogen) atoms. The molecule has 1 fully saturated rings. The lowest BCUT2D eigenvalue weighted by atomic mass is 9.91. The summed E-state index contributed by atoms with van der Waals surface area (Å²) in [4.78, 5) is 0. The first kappa shape index (κ1) is 13.5. The lowest BCUT2D eigenvalue weighted by Crippen LogP contribution is -2.36. The molecule has 0 aromatic carbocycles. The summed E-state index contributed by atoms with van der Waals surface area (Å²) in [7, 11) is 0. The molecule has 0 saturated heterocycles. The molecule has 0 amide bonds. The summed E-state index contributed by atoms with van der Waals surface area (Å²) in [5.74, 6) is 12.6. The van der Waals surface area contributed by atoms with Gasteiger partial charge in [0.25, 0.3) is 0 Å². The number of hydrazine groups is 1. The molecule has 3 N–H and O–H groups in total. The first-order chi connectivity index (χ1) is 7.86. The minimum absolute atomic E-state index is 0.462. The molecule has 0 bridgehead atoms. The molecule has 0 aromatic rings. The minimum atomic E-state index is 0.462. The average Bonchev–Trinajstić information content (AvgIpc) is 2.56. The molecule has 1 aliphatic rings. The van der Waals surface area contributed by atoms with E-state index in [1.165, 1.54) is 44.9 Å². The number of nitrogens with one attached hydrogen (secondary N) is 1. The van der Waals surface area contributed by atoms with Crippen molar-refractivity contribution in [2.45, 2.75) is 70.8 Å². The van der Waals surface area contributed by atoms with E-state index in [4.69, 9.17) is 5.84 Å². The monoisotopic (exact) mass is 222 g/mol. The molecule has 2 nitrogen and oxygen atoms in total. The molecule has 1 saturated carbocycles. The van der Waals surface area contributed by atoms with E-state index in [1.807, 2.05) is 6.92 Å². The van der Waals surface area contributed by atoms with Crippen molar-refractivity contribution in [3.8, 4) is 11.8 Å². The van der Waals surface area contributed by atoms with Crippen LogP contribution in [0.25, 0.3) is 0 Å². The summed E-state index contributed by atoms with van der Waals surface area (Å²) in [5, 5.41) is 0. The van der Waals surface area contributed by atoms with E-state index in [9.17, 15) is 0 Å². The Labute approximate surface area is 100 Å². The molecule has 0 heterocycles. The highest BCUT2D eigenvalue weighted by atomic mass is 15.2. The average molecular weight is 222 g/mol. The Morgan fingerprint density at radius 3 is 2.50 bits per heavy atom. The first-order valence-corrected chi connectivity index (χ1v) is 6.72. The van der Waals surface area contributed by atoms with Gasteiger partial charge < -0.3 is 0 Å². The van der Waals surface area contributed by atoms with Gasteiger partial charge in [0.05, 0.1) is 0 Å². The number of nitrogens with two attached hydrogens (primary N) is 1. The van der Waals surface area contributed by atoms with Gasteiger partial charge in [0.1, 0.15) is 0 Å². The van der Waals surface area contributed by atoms with E-state index < -0.39 is 0 Å². The van der Waals surface area contributed by atoms with Gasteiger partial charge in [0.2, 0.25) is 0 Å². The van der Waals surface area contributed by atoms with Gasteiger partial charge in [-0.2, -0.15) is 0 Å². The van der Waals surface area contributed by atoms with Gasteiger partial charge in [-0.15, -0.1) is 11.8 Å². The zero-order valence-corrected chi connectivity index (χ0v) is 10.6. The van der Waals surface area contributed by atoms with Crippen LogP contribution in [0.3, 0.4) is 0 Å². The van der Waals surface area contributed by atoms with Crippen molar-refractivity contribution in [3.63, 3.8) is 0 Å². The van der Waals surface area contributed by atoms with Crippen molar-refractivity contribution in [3.05, 3.63) is 0 Å². The topological polar surface area (TPSA) is 38.0 Å². The molecular formula is C14H26N2. The normalized spacial score (nSPS) is 19.6. The van der Waals surface area contributed by atoms with Crippen LogP contribution in [-0.2, 0) is 0 Å². The van der Waals surface area contributed by atoms with Crippen LogP contribution in [0.2, 0.25) is 0 Å². The van der Waals surface area contributed by atoms with Crippen molar-refractivity contribution in [2.75, 3.05) is 0 Å². The molecular weight excluding hydrogens is 196 g/mol. The van der Waals surface area contributed by atoms with Crippen LogP contribution < -0.4 is 11.3 Å². The summed E-state index contributed by atoms with van der Waals surface area (Å²) in [6.07, 6.45) is 11.8. The van der Waals surface area contributed by atoms with Crippen molar-refractivity contribution < 1.29 is 0 Å². The summed E-state index contributed by atoms with van der Waals surface area (Å²) in [6, 6.07) is 0.462. The summed E-state index contributed by atoms with van der Waals surface area (Å²) in [5.41, 5.74) is 2.96. The fraction of sp³-hybridized carbons (Fsp3) is 0.857. The Morgan fingerprint density at radius 2 is 1.94 bits per heavy atom. The highest BCUT2D eigenvalue weighted by Crippen LogP contribution is 2.27. The second-order valence-corrected chi connectivity index (χ2v) is 4.92. The number of rotatable bonds is 5. The van der Waals surface area contributed by atoms with Crippen LogP contribution in [0.1, 0.15) is 64.7 Å². The van der Waals surface area contributed by atoms with Gasteiger partial charge in [-0.05, 0) is 25.7 Å². The Balaban J connectivity index is 2.26. The third-order valence-corrected chi connectivity index (χ3v) is 3.62. The van der Waals surface area contributed by atoms with Gasteiger partial charge >= 0.3 is 0 Å². The largest absolute Gasteiger partial charge is 0.271 e. The Bertz CT molecular complexity index is 219. The number of hydrogen-bond donors (Lipinski definition) is 2. The second kappa shape index (κ2) is 8.61. The highest BCUT2D eigenvalue weighted by Gasteiger charge is 2.16. The second-order valence-electron chi connectivity index (χ2n) is 4.92. The van der Waals surface area contributed by atoms with Gasteiger partial charge in [0, 0.05) is 12.5 Å². The molecule has 1 aliphatic carbocycles. The zero-order valence-electron chi connectivity index (χ0n) is 10.6. The Kier molecular flexibility index (Phi) is 7.29. The van der Waals surface area contributed by atoms with Gasteiger partial charge in [-0.25, -0.2) is 0 Å². The molecule has 0 spiro atoms. The zero-order chi connectivity index (χ0) is 11.6. The van der Waals surface area contributed by atoms with E-state index in [0.717, 1.165) is 18.8 Å². The van der Waals surface area contributed by atoms with E-state index >= 15 is 0 Å². The van der Waals surface area contributed by atoms with Gasteiger partial charge in [-0.1, -0.05) is 38.5 Å². The van der Waals surface area contributed by atoms with E-state index in [-0.39, 0.29) is 0 Å². The smallest absolute Gasteiger partial charge is 0.0222 e.